The standard InChI is InChI=1S/C11H17N5/c12-15-10-5-13-6-11(14-10)16(9-3-4-9)7-8-1-2-8/h5-6,8-9H,1-4,7,12H2,(H,14,15). The summed E-state index contributed by atoms with van der Waals surface area (Å²) in [6, 6.07) is 0.683. The molecule has 0 aromatic carbocycles. The number of nitrogens with zero attached hydrogens (tertiary/aromatic N) is 3. The number of nitrogens with one attached hydrogen (secondary N) is 1. The summed E-state index contributed by atoms with van der Waals surface area (Å²) in [4.78, 5) is 11.0. The van der Waals surface area contributed by atoms with Crippen molar-refractivity contribution in [3.05, 3.63) is 12.4 Å². The summed E-state index contributed by atoms with van der Waals surface area (Å²) >= 11 is 0. The first kappa shape index (κ1) is 9.84. The van der Waals surface area contributed by atoms with Gasteiger partial charge in [0.2, 0.25) is 0 Å². The summed E-state index contributed by atoms with van der Waals surface area (Å²) in [6.07, 6.45) is 8.79. The van der Waals surface area contributed by atoms with Gasteiger partial charge in [-0.15, -0.1) is 0 Å². The molecule has 2 aliphatic carbocycles. The van der Waals surface area contributed by atoms with E-state index in [4.69, 9.17) is 5.84 Å². The van der Waals surface area contributed by atoms with Gasteiger partial charge in [-0.2, -0.15) is 0 Å². The molecule has 0 unspecified atom stereocenters. The Bertz CT molecular complexity index is 372. The van der Waals surface area contributed by atoms with Crippen molar-refractivity contribution in [3.8, 4) is 0 Å². The Labute approximate surface area is 95.0 Å². The van der Waals surface area contributed by atoms with Crippen molar-refractivity contribution in [3.63, 3.8) is 0 Å². The average Bonchev–Trinajstić information content (AvgIpc) is 3.16. The second-order valence-corrected chi connectivity index (χ2v) is 4.73. The first-order chi connectivity index (χ1) is 7.86. The summed E-state index contributed by atoms with van der Waals surface area (Å²) in [6.45, 7) is 1.13. The highest BCUT2D eigenvalue weighted by Gasteiger charge is 2.34. The van der Waals surface area contributed by atoms with Gasteiger partial charge in [0, 0.05) is 12.6 Å². The molecule has 0 bridgehead atoms. The smallest absolute Gasteiger partial charge is 0.160 e. The molecule has 2 saturated carbocycles. The molecule has 0 amide bonds. The molecule has 16 heavy (non-hydrogen) atoms. The van der Waals surface area contributed by atoms with Crippen LogP contribution in [0.5, 0.6) is 0 Å². The molecular weight excluding hydrogens is 202 g/mol. The molecule has 3 rings (SSSR count). The van der Waals surface area contributed by atoms with E-state index in [9.17, 15) is 0 Å². The molecule has 0 atom stereocenters. The number of aromatic nitrogens is 2. The predicted octanol–water partition coefficient (Wildman–Crippen LogP) is 1.14. The lowest BCUT2D eigenvalue weighted by Gasteiger charge is -2.23. The summed E-state index contributed by atoms with van der Waals surface area (Å²) in [5.74, 6) is 7.83. The summed E-state index contributed by atoms with van der Waals surface area (Å²) in [5, 5.41) is 0. The van der Waals surface area contributed by atoms with Gasteiger partial charge in [0.05, 0.1) is 12.4 Å². The second kappa shape index (κ2) is 3.90. The highest BCUT2D eigenvalue weighted by molar-refractivity contribution is 5.45. The lowest BCUT2D eigenvalue weighted by Crippen LogP contribution is -2.29. The quantitative estimate of drug-likeness (QED) is 0.574. The van der Waals surface area contributed by atoms with E-state index in [1.54, 1.807) is 6.20 Å². The van der Waals surface area contributed by atoms with Crippen molar-refractivity contribution in [2.45, 2.75) is 31.7 Å². The molecule has 86 valence electrons. The van der Waals surface area contributed by atoms with E-state index < -0.39 is 0 Å². The molecule has 1 heterocycles. The zero-order valence-electron chi connectivity index (χ0n) is 9.26. The summed E-state index contributed by atoms with van der Waals surface area (Å²) < 4.78 is 0. The molecule has 0 saturated heterocycles. The van der Waals surface area contributed by atoms with Crippen LogP contribution in [-0.4, -0.2) is 22.6 Å². The third-order valence-electron chi connectivity index (χ3n) is 3.20. The van der Waals surface area contributed by atoms with Crippen LogP contribution in [0.4, 0.5) is 11.6 Å². The van der Waals surface area contributed by atoms with Crippen molar-refractivity contribution in [1.82, 2.24) is 9.97 Å². The topological polar surface area (TPSA) is 67.1 Å². The van der Waals surface area contributed by atoms with Crippen LogP contribution in [0, 0.1) is 5.92 Å². The molecule has 0 aliphatic heterocycles. The van der Waals surface area contributed by atoms with Crippen molar-refractivity contribution in [2.75, 3.05) is 16.9 Å². The Hall–Kier alpha value is -1.36. The number of nitrogens with two attached hydrogens (primary N) is 1. The number of hydrogen-bond acceptors (Lipinski definition) is 5. The molecule has 5 heteroatoms. The van der Waals surface area contributed by atoms with E-state index in [0.29, 0.717) is 11.9 Å². The third-order valence-corrected chi connectivity index (χ3v) is 3.20. The first-order valence-electron chi connectivity index (χ1n) is 5.92. The van der Waals surface area contributed by atoms with Crippen LogP contribution in [0.2, 0.25) is 0 Å². The number of anilines is 2. The largest absolute Gasteiger partial charge is 0.352 e. The number of hydrazine groups is 1. The van der Waals surface area contributed by atoms with Crippen molar-refractivity contribution >= 4 is 11.6 Å². The van der Waals surface area contributed by atoms with Crippen LogP contribution in [0.3, 0.4) is 0 Å². The van der Waals surface area contributed by atoms with Crippen LogP contribution < -0.4 is 16.2 Å². The molecule has 1 aromatic heterocycles. The van der Waals surface area contributed by atoms with Gasteiger partial charge in [-0.25, -0.2) is 10.8 Å². The maximum atomic E-state index is 5.35. The molecule has 5 nitrogen and oxygen atoms in total. The van der Waals surface area contributed by atoms with Gasteiger partial charge in [-0.1, -0.05) is 0 Å². The highest BCUT2D eigenvalue weighted by atomic mass is 15.3. The summed E-state index contributed by atoms with van der Waals surface area (Å²) in [5.41, 5.74) is 2.55. The normalized spacial score (nSPS) is 19.6. The molecule has 0 spiro atoms. The predicted molar refractivity (Wildman–Crippen MR) is 62.9 cm³/mol. The Morgan fingerprint density at radius 2 is 2.12 bits per heavy atom. The minimum Gasteiger partial charge on any atom is -0.352 e. The fourth-order valence-electron chi connectivity index (χ4n) is 1.96. The second-order valence-electron chi connectivity index (χ2n) is 4.73. The number of nitrogen functional groups attached to an aromatic ring is 1. The molecule has 1 aromatic rings. The van der Waals surface area contributed by atoms with Gasteiger partial charge in [-0.05, 0) is 31.6 Å². The van der Waals surface area contributed by atoms with Crippen LogP contribution in [0.1, 0.15) is 25.7 Å². The van der Waals surface area contributed by atoms with Gasteiger partial charge < -0.3 is 10.3 Å². The Morgan fingerprint density at radius 1 is 1.31 bits per heavy atom. The van der Waals surface area contributed by atoms with Gasteiger partial charge in [-0.3, -0.25) is 4.98 Å². The maximum absolute atomic E-state index is 5.35. The zero-order valence-corrected chi connectivity index (χ0v) is 9.26. The maximum Gasteiger partial charge on any atom is 0.160 e. The van der Waals surface area contributed by atoms with E-state index in [2.05, 4.69) is 20.3 Å². The first-order valence-corrected chi connectivity index (χ1v) is 5.92. The fourth-order valence-corrected chi connectivity index (χ4v) is 1.96. The van der Waals surface area contributed by atoms with Gasteiger partial charge in [0.25, 0.3) is 0 Å². The molecule has 2 fully saturated rings. The lowest BCUT2D eigenvalue weighted by molar-refractivity contribution is 0.707. The Morgan fingerprint density at radius 3 is 2.75 bits per heavy atom. The van der Waals surface area contributed by atoms with Gasteiger partial charge in [0.15, 0.2) is 5.82 Å². The molecule has 3 N–H and O–H groups in total. The van der Waals surface area contributed by atoms with E-state index in [1.807, 2.05) is 6.20 Å². The lowest BCUT2D eigenvalue weighted by atomic mass is 10.3. The van der Waals surface area contributed by atoms with E-state index in [1.165, 1.54) is 25.7 Å². The third kappa shape index (κ3) is 2.09. The van der Waals surface area contributed by atoms with E-state index in [-0.39, 0.29) is 0 Å². The Balaban J connectivity index is 1.79. The van der Waals surface area contributed by atoms with Crippen molar-refractivity contribution < 1.29 is 0 Å². The van der Waals surface area contributed by atoms with Crippen molar-refractivity contribution in [2.24, 2.45) is 11.8 Å². The fraction of sp³-hybridized carbons (Fsp3) is 0.636. The SMILES string of the molecule is NNc1cncc(N(CC2CC2)C2CC2)n1. The number of rotatable bonds is 5. The minimum absolute atomic E-state index is 0.638. The van der Waals surface area contributed by atoms with Crippen LogP contribution in [0.25, 0.3) is 0 Å². The number of hydrogen-bond donors (Lipinski definition) is 2. The van der Waals surface area contributed by atoms with E-state index >= 15 is 0 Å². The summed E-state index contributed by atoms with van der Waals surface area (Å²) in [7, 11) is 0. The molecule has 2 aliphatic rings. The van der Waals surface area contributed by atoms with Crippen LogP contribution >= 0.6 is 0 Å². The van der Waals surface area contributed by atoms with Gasteiger partial charge in [0.1, 0.15) is 5.82 Å². The average molecular weight is 219 g/mol. The zero-order chi connectivity index (χ0) is 11.0. The Kier molecular flexibility index (Phi) is 2.40. The van der Waals surface area contributed by atoms with Crippen molar-refractivity contribution in [1.29, 1.82) is 0 Å². The minimum atomic E-state index is 0.638. The molecular formula is C11H17N5. The van der Waals surface area contributed by atoms with Crippen LogP contribution in [0.15, 0.2) is 12.4 Å². The van der Waals surface area contributed by atoms with Gasteiger partial charge >= 0.3 is 0 Å². The molecule has 0 radical (unpaired) electrons. The van der Waals surface area contributed by atoms with Crippen LogP contribution in [-0.2, 0) is 0 Å². The van der Waals surface area contributed by atoms with E-state index in [0.717, 1.165) is 18.3 Å². The highest BCUT2D eigenvalue weighted by Crippen LogP contribution is 2.36. The monoisotopic (exact) mass is 219 g/mol.